The standard InChI is InChI=1S/C32H33Cl2N3O5S/c33-26-17-16-23(19-27(26)34)21-36(28(20-22-9-2-1-3-10-22)31(39)35-24-11-4-5-12-24)30(38)15-8-18-37-32(40)25-13-6-7-14-29(25)43(37,41)42/h1-3,6-7,9-10,13-14,16-17,19,24,28H,4-5,8,11-12,15,18,20-21H2,(H,35,39)/t28-/m1/s1. The zero-order chi connectivity index (χ0) is 30.6. The highest BCUT2D eigenvalue weighted by Gasteiger charge is 2.40. The van der Waals surface area contributed by atoms with Crippen LogP contribution in [0, 0.1) is 0 Å². The number of carbonyl (C=O) groups is 3. The molecule has 3 amide bonds. The SMILES string of the molecule is O=C(NC1CCCC1)[C@@H](Cc1ccccc1)N(Cc1ccc(Cl)c(Cl)c1)C(=O)CCCN1C(=O)c2ccccc2S1(=O)=O. The van der Waals surface area contributed by atoms with Crippen molar-refractivity contribution >= 4 is 50.9 Å². The van der Waals surface area contributed by atoms with Gasteiger partial charge < -0.3 is 10.2 Å². The van der Waals surface area contributed by atoms with E-state index in [-0.39, 0.29) is 54.2 Å². The van der Waals surface area contributed by atoms with E-state index in [9.17, 15) is 22.8 Å². The van der Waals surface area contributed by atoms with Crippen LogP contribution in [0.1, 0.15) is 60.0 Å². The maximum atomic E-state index is 13.9. The minimum atomic E-state index is -3.99. The first-order valence-corrected chi connectivity index (χ1v) is 16.6. The van der Waals surface area contributed by atoms with Crippen LogP contribution in [-0.2, 0) is 32.6 Å². The maximum absolute atomic E-state index is 13.9. The second-order valence-corrected chi connectivity index (χ2v) is 13.6. The lowest BCUT2D eigenvalue weighted by atomic mass is 10.0. The molecule has 1 aliphatic carbocycles. The molecular formula is C32H33Cl2N3O5S. The summed E-state index contributed by atoms with van der Waals surface area (Å²) in [6, 6.07) is 19.9. The maximum Gasteiger partial charge on any atom is 0.269 e. The fourth-order valence-electron chi connectivity index (χ4n) is 5.73. The number of nitrogens with zero attached hydrogens (tertiary/aromatic N) is 2. The van der Waals surface area contributed by atoms with E-state index in [0.717, 1.165) is 35.6 Å². The van der Waals surface area contributed by atoms with Gasteiger partial charge in [-0.05, 0) is 54.7 Å². The van der Waals surface area contributed by atoms with Crippen molar-refractivity contribution in [3.8, 4) is 0 Å². The van der Waals surface area contributed by atoms with Crippen molar-refractivity contribution in [2.24, 2.45) is 0 Å². The van der Waals surface area contributed by atoms with Crippen LogP contribution >= 0.6 is 23.2 Å². The van der Waals surface area contributed by atoms with Crippen LogP contribution in [0.15, 0.2) is 77.7 Å². The number of nitrogens with one attached hydrogen (secondary N) is 1. The molecule has 8 nitrogen and oxygen atoms in total. The van der Waals surface area contributed by atoms with Crippen molar-refractivity contribution in [1.29, 1.82) is 0 Å². The average Bonchev–Trinajstić information content (AvgIpc) is 3.57. The van der Waals surface area contributed by atoms with E-state index in [0.29, 0.717) is 22.0 Å². The number of halogens is 2. The van der Waals surface area contributed by atoms with E-state index in [1.54, 1.807) is 30.3 Å². The van der Waals surface area contributed by atoms with Gasteiger partial charge >= 0.3 is 0 Å². The van der Waals surface area contributed by atoms with Crippen molar-refractivity contribution < 1.29 is 22.8 Å². The number of fused-ring (bicyclic) bond motifs is 1. The first-order chi connectivity index (χ1) is 20.6. The lowest BCUT2D eigenvalue weighted by Gasteiger charge is -2.32. The predicted octanol–water partition coefficient (Wildman–Crippen LogP) is 5.62. The molecule has 5 rings (SSSR count). The highest BCUT2D eigenvalue weighted by molar-refractivity contribution is 7.90. The minimum Gasteiger partial charge on any atom is -0.352 e. The zero-order valence-electron chi connectivity index (χ0n) is 23.5. The molecule has 1 N–H and O–H groups in total. The summed E-state index contributed by atoms with van der Waals surface area (Å²) in [7, 11) is -3.99. The third-order valence-electron chi connectivity index (χ3n) is 7.97. The van der Waals surface area contributed by atoms with E-state index in [2.05, 4.69) is 5.32 Å². The molecule has 0 radical (unpaired) electrons. The van der Waals surface area contributed by atoms with E-state index < -0.39 is 22.0 Å². The molecule has 0 bridgehead atoms. The smallest absolute Gasteiger partial charge is 0.269 e. The van der Waals surface area contributed by atoms with Gasteiger partial charge in [-0.25, -0.2) is 12.7 Å². The Balaban J connectivity index is 1.38. The van der Waals surface area contributed by atoms with Crippen molar-refractivity contribution in [3.63, 3.8) is 0 Å². The Bertz CT molecular complexity index is 1610. The number of hydrogen-bond acceptors (Lipinski definition) is 5. The molecule has 1 saturated carbocycles. The van der Waals surface area contributed by atoms with Crippen LogP contribution in [0.5, 0.6) is 0 Å². The number of benzene rings is 3. The second-order valence-electron chi connectivity index (χ2n) is 10.9. The molecule has 1 aliphatic heterocycles. The second kappa shape index (κ2) is 13.5. The van der Waals surface area contributed by atoms with Gasteiger partial charge in [0.05, 0.1) is 15.6 Å². The summed E-state index contributed by atoms with van der Waals surface area (Å²) in [6.07, 6.45) is 4.19. The fraction of sp³-hybridized carbons (Fsp3) is 0.344. The van der Waals surface area contributed by atoms with Gasteiger partial charge in [-0.15, -0.1) is 0 Å². The molecule has 3 aromatic rings. The predicted molar refractivity (Wildman–Crippen MR) is 165 cm³/mol. The molecular weight excluding hydrogens is 609 g/mol. The topological polar surface area (TPSA) is 104 Å². The normalized spacial score (nSPS) is 16.6. The highest BCUT2D eigenvalue weighted by Crippen LogP contribution is 2.30. The monoisotopic (exact) mass is 641 g/mol. The van der Waals surface area contributed by atoms with Crippen molar-refractivity contribution in [3.05, 3.63) is 99.5 Å². The molecule has 0 saturated heterocycles. The van der Waals surface area contributed by atoms with Gasteiger partial charge in [0.15, 0.2) is 0 Å². The summed E-state index contributed by atoms with van der Waals surface area (Å²) in [5.41, 5.74) is 1.72. The zero-order valence-corrected chi connectivity index (χ0v) is 25.9. The molecule has 0 unspecified atom stereocenters. The largest absolute Gasteiger partial charge is 0.352 e. The minimum absolute atomic E-state index is 0.0286. The third kappa shape index (κ3) is 7.06. The Morgan fingerprint density at radius 2 is 1.63 bits per heavy atom. The van der Waals surface area contributed by atoms with Crippen LogP contribution in [0.4, 0.5) is 0 Å². The Morgan fingerprint density at radius 3 is 2.33 bits per heavy atom. The Labute approximate surface area is 262 Å². The summed E-state index contributed by atoms with van der Waals surface area (Å²) in [6.45, 7) is -0.0580. The first kappa shape index (κ1) is 31.0. The molecule has 1 heterocycles. The highest BCUT2D eigenvalue weighted by atomic mass is 35.5. The molecule has 2 aliphatic rings. The van der Waals surface area contributed by atoms with Gasteiger partial charge in [-0.1, -0.05) is 84.6 Å². The molecule has 1 fully saturated rings. The summed E-state index contributed by atoms with van der Waals surface area (Å²) >= 11 is 12.4. The molecule has 1 atom stereocenters. The summed E-state index contributed by atoms with van der Waals surface area (Å²) in [4.78, 5) is 42.1. The van der Waals surface area contributed by atoms with E-state index in [4.69, 9.17) is 23.2 Å². The molecule has 0 spiro atoms. The average molecular weight is 643 g/mol. The number of rotatable bonds is 11. The van der Waals surface area contributed by atoms with Crippen molar-refractivity contribution in [1.82, 2.24) is 14.5 Å². The van der Waals surface area contributed by atoms with Crippen LogP contribution in [0.25, 0.3) is 0 Å². The van der Waals surface area contributed by atoms with Gasteiger partial charge in [0.25, 0.3) is 15.9 Å². The summed E-state index contributed by atoms with van der Waals surface area (Å²) in [5, 5.41) is 3.86. The Hall–Kier alpha value is -3.40. The van der Waals surface area contributed by atoms with Crippen molar-refractivity contribution in [2.75, 3.05) is 6.54 Å². The van der Waals surface area contributed by atoms with E-state index >= 15 is 0 Å². The van der Waals surface area contributed by atoms with Crippen LogP contribution in [-0.4, -0.2) is 54.0 Å². The molecule has 11 heteroatoms. The quantitative estimate of drug-likeness (QED) is 0.293. The summed E-state index contributed by atoms with van der Waals surface area (Å²) < 4.78 is 26.8. The van der Waals surface area contributed by atoms with E-state index in [1.165, 1.54) is 17.0 Å². The lowest BCUT2D eigenvalue weighted by molar-refractivity contribution is -0.141. The van der Waals surface area contributed by atoms with E-state index in [1.807, 2.05) is 30.3 Å². The van der Waals surface area contributed by atoms with Gasteiger partial charge in [0.2, 0.25) is 11.8 Å². The number of carbonyl (C=O) groups excluding carboxylic acids is 3. The van der Waals surface area contributed by atoms with Gasteiger partial charge in [-0.2, -0.15) is 0 Å². The van der Waals surface area contributed by atoms with Crippen LogP contribution in [0.3, 0.4) is 0 Å². The lowest BCUT2D eigenvalue weighted by Crippen LogP contribution is -2.52. The Kier molecular flexibility index (Phi) is 9.74. The van der Waals surface area contributed by atoms with Gasteiger partial charge in [0, 0.05) is 32.0 Å². The summed E-state index contributed by atoms with van der Waals surface area (Å²) in [5.74, 6) is -1.18. The van der Waals surface area contributed by atoms with Crippen LogP contribution < -0.4 is 5.32 Å². The number of hydrogen-bond donors (Lipinski definition) is 1. The third-order valence-corrected chi connectivity index (χ3v) is 10.6. The van der Waals surface area contributed by atoms with Gasteiger partial charge in [0.1, 0.15) is 10.9 Å². The van der Waals surface area contributed by atoms with Crippen LogP contribution in [0.2, 0.25) is 10.0 Å². The van der Waals surface area contributed by atoms with Gasteiger partial charge in [-0.3, -0.25) is 14.4 Å². The number of sulfonamides is 1. The molecule has 0 aromatic heterocycles. The Morgan fingerprint density at radius 1 is 0.930 bits per heavy atom. The fourth-order valence-corrected chi connectivity index (χ4v) is 7.65. The first-order valence-electron chi connectivity index (χ1n) is 14.4. The number of amides is 3. The molecule has 3 aromatic carbocycles. The van der Waals surface area contributed by atoms with Crippen molar-refractivity contribution in [2.45, 2.75) is 68.5 Å². The molecule has 43 heavy (non-hydrogen) atoms. The molecule has 226 valence electrons.